The number of nitrogens with zero attached hydrogens (tertiary/aromatic N) is 1. The minimum atomic E-state index is -4.53. The van der Waals surface area contributed by atoms with E-state index >= 15 is 0 Å². The van der Waals surface area contributed by atoms with E-state index in [4.69, 9.17) is 10.4 Å². The normalized spacial score (nSPS) is 11.1. The van der Waals surface area contributed by atoms with Gasteiger partial charge >= 0.3 is 11.5 Å². The smallest absolute Gasteiger partial charge is 0.446 e. The molecule has 0 aliphatic heterocycles. The number of aliphatic carboxylic acids is 1. The lowest BCUT2D eigenvalue weighted by Crippen LogP contribution is -2.08. The van der Waals surface area contributed by atoms with E-state index in [9.17, 15) is 18.0 Å². The van der Waals surface area contributed by atoms with Crippen molar-refractivity contribution in [3.05, 3.63) is 26.8 Å². The van der Waals surface area contributed by atoms with Crippen molar-refractivity contribution in [3.8, 4) is 6.07 Å². The van der Waals surface area contributed by atoms with Gasteiger partial charge in [0.15, 0.2) is 0 Å². The highest BCUT2D eigenvalue weighted by molar-refractivity contribution is 14.1. The lowest BCUT2D eigenvalue weighted by molar-refractivity contribution is -0.136. The van der Waals surface area contributed by atoms with E-state index in [-0.39, 0.29) is 19.6 Å². The summed E-state index contributed by atoms with van der Waals surface area (Å²) in [5.74, 6) is -1.28. The van der Waals surface area contributed by atoms with Crippen LogP contribution in [0.5, 0.6) is 0 Å². The highest BCUT2D eigenvalue weighted by Crippen LogP contribution is 2.41. The molecule has 1 N–H and O–H groups in total. The van der Waals surface area contributed by atoms with Crippen molar-refractivity contribution in [2.24, 2.45) is 0 Å². The Balaban J connectivity index is 3.37. The molecule has 0 bridgehead atoms. The van der Waals surface area contributed by atoms with E-state index in [1.165, 1.54) is 12.1 Å². The second-order valence-corrected chi connectivity index (χ2v) is 5.37. The van der Waals surface area contributed by atoms with Crippen LogP contribution in [0, 0.1) is 14.9 Å². The third-order valence-corrected chi connectivity index (χ3v) is 4.05. The van der Waals surface area contributed by atoms with Crippen molar-refractivity contribution >= 4 is 40.3 Å². The Hall–Kier alpha value is -0.950. The van der Waals surface area contributed by atoms with Crippen LogP contribution in [0.2, 0.25) is 0 Å². The number of hydrogen-bond acceptors (Lipinski definition) is 3. The third-order valence-electron chi connectivity index (χ3n) is 1.88. The van der Waals surface area contributed by atoms with Crippen LogP contribution in [0.4, 0.5) is 13.2 Å². The molecular weight excluding hydrogens is 382 g/mol. The first-order chi connectivity index (χ1) is 8.24. The van der Waals surface area contributed by atoms with Gasteiger partial charge in [0.05, 0.1) is 18.1 Å². The van der Waals surface area contributed by atoms with E-state index < -0.39 is 29.7 Å². The molecule has 0 unspecified atom stereocenters. The maximum atomic E-state index is 12.4. The fourth-order valence-corrected chi connectivity index (χ4v) is 2.79. The highest BCUT2D eigenvalue weighted by Gasteiger charge is 2.32. The van der Waals surface area contributed by atoms with E-state index in [1.807, 2.05) is 0 Å². The summed E-state index contributed by atoms with van der Waals surface area (Å²) in [6.45, 7) is 0. The van der Waals surface area contributed by atoms with Gasteiger partial charge in [-0.2, -0.15) is 18.4 Å². The van der Waals surface area contributed by atoms with Gasteiger partial charge in [-0.25, -0.2) is 0 Å². The van der Waals surface area contributed by atoms with Crippen LogP contribution in [0.25, 0.3) is 0 Å². The Morgan fingerprint density at radius 3 is 2.56 bits per heavy atom. The first-order valence-electron chi connectivity index (χ1n) is 4.43. The van der Waals surface area contributed by atoms with Crippen LogP contribution >= 0.6 is 34.4 Å². The Morgan fingerprint density at radius 2 is 2.11 bits per heavy atom. The summed E-state index contributed by atoms with van der Waals surface area (Å²) in [6.07, 6.45) is -0.613. The van der Waals surface area contributed by atoms with Gasteiger partial charge in [-0.3, -0.25) is 4.79 Å². The largest absolute Gasteiger partial charge is 0.481 e. The van der Waals surface area contributed by atoms with E-state index in [0.717, 1.165) is 0 Å². The van der Waals surface area contributed by atoms with Crippen LogP contribution in [-0.4, -0.2) is 16.6 Å². The number of hydrogen-bond donors (Lipinski definition) is 1. The fourth-order valence-electron chi connectivity index (χ4n) is 1.26. The summed E-state index contributed by atoms with van der Waals surface area (Å²) in [4.78, 5) is 10.4. The highest BCUT2D eigenvalue weighted by atomic mass is 127. The van der Waals surface area contributed by atoms with Crippen LogP contribution in [-0.2, 0) is 11.2 Å². The zero-order chi connectivity index (χ0) is 13.9. The summed E-state index contributed by atoms with van der Waals surface area (Å²) in [5.41, 5.74) is -4.68. The molecule has 1 rings (SSSR count). The molecule has 96 valence electrons. The first kappa shape index (κ1) is 15.1. The number of benzene rings is 1. The van der Waals surface area contributed by atoms with Crippen LogP contribution in [0.1, 0.15) is 11.1 Å². The van der Waals surface area contributed by atoms with Crippen molar-refractivity contribution in [1.82, 2.24) is 0 Å². The molecule has 8 heteroatoms. The molecular formula is C10H5F3INO2S. The summed E-state index contributed by atoms with van der Waals surface area (Å²) >= 11 is 1.29. The van der Waals surface area contributed by atoms with Crippen molar-refractivity contribution in [2.75, 3.05) is 0 Å². The molecule has 0 aliphatic carbocycles. The summed E-state index contributed by atoms with van der Waals surface area (Å²) < 4.78 is 37.5. The molecule has 0 saturated heterocycles. The zero-order valence-corrected chi connectivity index (χ0v) is 11.6. The Labute approximate surface area is 118 Å². The van der Waals surface area contributed by atoms with Crippen LogP contribution in [0.3, 0.4) is 0 Å². The monoisotopic (exact) mass is 387 g/mol. The first-order valence-corrected chi connectivity index (χ1v) is 6.33. The third kappa shape index (κ3) is 4.06. The van der Waals surface area contributed by atoms with Gasteiger partial charge in [-0.15, -0.1) is 0 Å². The molecule has 0 heterocycles. The van der Waals surface area contributed by atoms with Gasteiger partial charge in [0.2, 0.25) is 0 Å². The van der Waals surface area contributed by atoms with Crippen molar-refractivity contribution in [3.63, 3.8) is 0 Å². The van der Waals surface area contributed by atoms with Crippen molar-refractivity contribution < 1.29 is 23.1 Å². The quantitative estimate of drug-likeness (QED) is 0.638. The van der Waals surface area contributed by atoms with Crippen molar-refractivity contribution in [1.29, 1.82) is 5.26 Å². The minimum Gasteiger partial charge on any atom is -0.481 e. The maximum Gasteiger partial charge on any atom is 0.446 e. The lowest BCUT2D eigenvalue weighted by Gasteiger charge is -2.13. The average molecular weight is 387 g/mol. The average Bonchev–Trinajstić information content (AvgIpc) is 2.21. The second kappa shape index (κ2) is 5.79. The summed E-state index contributed by atoms with van der Waals surface area (Å²) in [7, 11) is 0. The summed E-state index contributed by atoms with van der Waals surface area (Å²) in [6, 6.07) is 4.39. The van der Waals surface area contributed by atoms with Gasteiger partial charge < -0.3 is 5.11 Å². The Bertz CT molecular complexity index is 525. The van der Waals surface area contributed by atoms with E-state index in [1.54, 1.807) is 28.7 Å². The number of rotatable bonds is 3. The number of nitriles is 1. The molecule has 0 saturated carbocycles. The number of halogens is 4. The maximum absolute atomic E-state index is 12.4. The molecule has 18 heavy (non-hydrogen) atoms. The van der Waals surface area contributed by atoms with E-state index in [0.29, 0.717) is 0 Å². The van der Waals surface area contributed by atoms with Crippen LogP contribution < -0.4 is 0 Å². The van der Waals surface area contributed by atoms with Crippen molar-refractivity contribution in [2.45, 2.75) is 16.8 Å². The zero-order valence-electron chi connectivity index (χ0n) is 8.58. The second-order valence-electron chi connectivity index (χ2n) is 3.13. The fraction of sp³-hybridized carbons (Fsp3) is 0.200. The van der Waals surface area contributed by atoms with Gasteiger partial charge in [0.25, 0.3) is 0 Å². The Kier molecular flexibility index (Phi) is 4.86. The predicted molar refractivity (Wildman–Crippen MR) is 67.1 cm³/mol. The number of carboxylic acids is 1. The number of carbonyl (C=O) groups is 1. The molecule has 0 fully saturated rings. The molecule has 0 radical (unpaired) electrons. The number of thioether (sulfide) groups is 1. The van der Waals surface area contributed by atoms with Gasteiger partial charge in [0, 0.05) is 8.47 Å². The summed E-state index contributed by atoms with van der Waals surface area (Å²) in [5, 5.41) is 17.5. The van der Waals surface area contributed by atoms with Gasteiger partial charge in [0.1, 0.15) is 0 Å². The van der Waals surface area contributed by atoms with E-state index in [2.05, 4.69) is 0 Å². The molecule has 1 aromatic carbocycles. The van der Waals surface area contributed by atoms with Crippen LogP contribution in [0.15, 0.2) is 17.0 Å². The number of alkyl halides is 3. The lowest BCUT2D eigenvalue weighted by atomic mass is 10.1. The topological polar surface area (TPSA) is 61.1 Å². The molecule has 0 amide bonds. The molecule has 0 spiro atoms. The number of carboxylic acid groups (broad SMARTS) is 1. The molecule has 0 aliphatic rings. The molecule has 1 aromatic rings. The predicted octanol–water partition coefficient (Wildman–Crippen LogP) is 3.40. The standard InChI is InChI=1S/C10H5F3INO2S/c11-10(12,13)18-9-6(3-8(16)17)5(4-15)1-2-7(9)14/h1-2H,3H2,(H,16,17). The SMILES string of the molecule is N#Cc1ccc(I)c(SC(F)(F)F)c1CC(=O)O. The minimum absolute atomic E-state index is 0.0513. The molecule has 0 atom stereocenters. The van der Waals surface area contributed by atoms with Gasteiger partial charge in [-0.05, 0) is 52.0 Å². The van der Waals surface area contributed by atoms with Gasteiger partial charge in [-0.1, -0.05) is 0 Å². The molecule has 3 nitrogen and oxygen atoms in total. The molecule has 0 aromatic heterocycles. The Morgan fingerprint density at radius 1 is 1.50 bits per heavy atom.